The Hall–Kier alpha value is -3.07. The van der Waals surface area contributed by atoms with Gasteiger partial charge in [0.15, 0.2) is 11.5 Å². The largest absolute Gasteiger partial charge is 0.493 e. The molecule has 25 heavy (non-hydrogen) atoms. The molecule has 0 aliphatic carbocycles. The van der Waals surface area contributed by atoms with Crippen LogP contribution in [0.5, 0.6) is 17.2 Å². The van der Waals surface area contributed by atoms with E-state index in [9.17, 15) is 4.79 Å². The van der Waals surface area contributed by atoms with E-state index in [1.165, 1.54) is 32.9 Å². The van der Waals surface area contributed by atoms with Gasteiger partial charge in [-0.15, -0.1) is 5.10 Å². The fourth-order valence-corrected chi connectivity index (χ4v) is 2.84. The fourth-order valence-electron chi connectivity index (χ4n) is 2.31. The van der Waals surface area contributed by atoms with Gasteiger partial charge in [-0.1, -0.05) is 4.49 Å². The SMILES string of the molecule is COc1cc(NC(=O)Nc2ccc3snnc3c2)cc(OC)c1OC. The third-order valence-corrected chi connectivity index (χ3v) is 4.13. The average Bonchev–Trinajstić information content (AvgIpc) is 3.08. The Morgan fingerprint density at radius 3 is 2.28 bits per heavy atom. The zero-order chi connectivity index (χ0) is 17.8. The van der Waals surface area contributed by atoms with Crippen molar-refractivity contribution in [2.24, 2.45) is 0 Å². The molecule has 2 N–H and O–H groups in total. The monoisotopic (exact) mass is 360 g/mol. The van der Waals surface area contributed by atoms with E-state index >= 15 is 0 Å². The van der Waals surface area contributed by atoms with Crippen LogP contribution in [0.25, 0.3) is 10.2 Å². The summed E-state index contributed by atoms with van der Waals surface area (Å²) in [5, 5.41) is 9.47. The van der Waals surface area contributed by atoms with Crippen LogP contribution in [0.15, 0.2) is 30.3 Å². The molecule has 0 aliphatic heterocycles. The number of rotatable bonds is 5. The third-order valence-electron chi connectivity index (χ3n) is 3.43. The molecule has 0 bridgehead atoms. The molecule has 0 aliphatic rings. The van der Waals surface area contributed by atoms with Crippen LogP contribution in [0.1, 0.15) is 0 Å². The van der Waals surface area contributed by atoms with Gasteiger partial charge in [-0.2, -0.15) is 0 Å². The number of benzene rings is 2. The molecular weight excluding hydrogens is 344 g/mol. The van der Waals surface area contributed by atoms with Gasteiger partial charge in [0.05, 0.1) is 31.7 Å². The fraction of sp³-hybridized carbons (Fsp3) is 0.188. The van der Waals surface area contributed by atoms with Gasteiger partial charge in [0.2, 0.25) is 5.75 Å². The second-order valence-electron chi connectivity index (χ2n) is 4.95. The molecule has 3 aromatic rings. The van der Waals surface area contributed by atoms with Crippen molar-refractivity contribution in [1.29, 1.82) is 0 Å². The van der Waals surface area contributed by atoms with Crippen LogP contribution in [-0.4, -0.2) is 36.9 Å². The van der Waals surface area contributed by atoms with E-state index < -0.39 is 6.03 Å². The van der Waals surface area contributed by atoms with Crippen LogP contribution >= 0.6 is 11.5 Å². The molecule has 130 valence electrons. The highest BCUT2D eigenvalue weighted by Gasteiger charge is 2.14. The molecule has 9 heteroatoms. The normalized spacial score (nSPS) is 10.4. The van der Waals surface area contributed by atoms with Crippen molar-refractivity contribution < 1.29 is 19.0 Å². The zero-order valence-electron chi connectivity index (χ0n) is 13.8. The Balaban J connectivity index is 1.77. The smallest absolute Gasteiger partial charge is 0.323 e. The van der Waals surface area contributed by atoms with Gasteiger partial charge < -0.3 is 24.8 Å². The maximum Gasteiger partial charge on any atom is 0.323 e. The van der Waals surface area contributed by atoms with Gasteiger partial charge >= 0.3 is 6.03 Å². The molecule has 1 aromatic heterocycles. The van der Waals surface area contributed by atoms with Crippen molar-refractivity contribution in [1.82, 2.24) is 9.59 Å². The molecule has 2 aromatic carbocycles. The van der Waals surface area contributed by atoms with Gasteiger partial charge in [0.1, 0.15) is 5.52 Å². The Bertz CT molecular complexity index is 887. The molecule has 0 atom stereocenters. The number of nitrogens with one attached hydrogen (secondary N) is 2. The summed E-state index contributed by atoms with van der Waals surface area (Å²) in [6.45, 7) is 0. The lowest BCUT2D eigenvalue weighted by Gasteiger charge is -2.15. The molecule has 8 nitrogen and oxygen atoms in total. The average molecular weight is 360 g/mol. The van der Waals surface area contributed by atoms with Gasteiger partial charge in [0.25, 0.3) is 0 Å². The molecule has 0 spiro atoms. The molecule has 0 fully saturated rings. The van der Waals surface area contributed by atoms with Crippen LogP contribution in [0.4, 0.5) is 16.2 Å². The summed E-state index contributed by atoms with van der Waals surface area (Å²) < 4.78 is 20.6. The Labute approximate surface area is 147 Å². The minimum Gasteiger partial charge on any atom is -0.493 e. The van der Waals surface area contributed by atoms with Crippen LogP contribution in [0.3, 0.4) is 0 Å². The van der Waals surface area contributed by atoms with Crippen molar-refractivity contribution in [3.05, 3.63) is 30.3 Å². The highest BCUT2D eigenvalue weighted by Crippen LogP contribution is 2.39. The van der Waals surface area contributed by atoms with Crippen molar-refractivity contribution in [2.45, 2.75) is 0 Å². The highest BCUT2D eigenvalue weighted by atomic mass is 32.1. The number of carbonyl (C=O) groups is 1. The van der Waals surface area contributed by atoms with Gasteiger partial charge in [-0.3, -0.25) is 0 Å². The number of ether oxygens (including phenoxy) is 3. The number of carbonyl (C=O) groups excluding carboxylic acids is 1. The first kappa shape index (κ1) is 16.8. The summed E-state index contributed by atoms with van der Waals surface area (Å²) in [6, 6.07) is 8.29. The highest BCUT2D eigenvalue weighted by molar-refractivity contribution is 7.12. The quantitative estimate of drug-likeness (QED) is 0.724. The van der Waals surface area contributed by atoms with E-state index in [-0.39, 0.29) is 0 Å². The number of urea groups is 1. The van der Waals surface area contributed by atoms with Gasteiger partial charge in [0, 0.05) is 17.8 Å². The van der Waals surface area contributed by atoms with Crippen molar-refractivity contribution in [3.8, 4) is 17.2 Å². The number of aromatic nitrogens is 2. The number of hydrogen-bond acceptors (Lipinski definition) is 7. The first-order chi connectivity index (χ1) is 12.1. The summed E-state index contributed by atoms with van der Waals surface area (Å²) in [7, 11) is 4.54. The number of methoxy groups -OCH3 is 3. The second kappa shape index (κ2) is 7.22. The lowest BCUT2D eigenvalue weighted by atomic mass is 10.2. The number of fused-ring (bicyclic) bond motifs is 1. The lowest BCUT2D eigenvalue weighted by molar-refractivity contribution is 0.262. The van der Waals surface area contributed by atoms with Crippen molar-refractivity contribution in [2.75, 3.05) is 32.0 Å². The molecule has 0 radical (unpaired) electrons. The standard InChI is InChI=1S/C16H16N4O4S/c1-22-12-7-10(8-13(23-2)15(12)24-3)18-16(21)17-9-4-5-14-11(6-9)19-20-25-14/h4-8H,1-3H3,(H2,17,18,21). The van der Waals surface area contributed by atoms with Gasteiger partial charge in [-0.25, -0.2) is 4.79 Å². The predicted octanol–water partition coefficient (Wildman–Crippen LogP) is 3.36. The molecule has 0 saturated carbocycles. The summed E-state index contributed by atoms with van der Waals surface area (Å²) in [5.41, 5.74) is 1.85. The minimum atomic E-state index is -0.406. The number of anilines is 2. The Morgan fingerprint density at radius 2 is 1.64 bits per heavy atom. The Morgan fingerprint density at radius 1 is 0.960 bits per heavy atom. The summed E-state index contributed by atoms with van der Waals surface area (Å²) in [4.78, 5) is 12.2. The number of nitrogens with zero attached hydrogens (tertiary/aromatic N) is 2. The predicted molar refractivity (Wildman–Crippen MR) is 96.2 cm³/mol. The summed E-state index contributed by atoms with van der Waals surface area (Å²) in [5.74, 6) is 1.36. The minimum absolute atomic E-state index is 0.406. The van der Waals surface area contributed by atoms with Crippen molar-refractivity contribution >= 4 is 39.2 Å². The third kappa shape index (κ3) is 3.56. The first-order valence-electron chi connectivity index (χ1n) is 7.24. The van der Waals surface area contributed by atoms with E-state index in [1.807, 2.05) is 6.07 Å². The number of amides is 2. The van der Waals surface area contributed by atoms with E-state index in [1.54, 1.807) is 24.3 Å². The van der Waals surface area contributed by atoms with E-state index in [0.29, 0.717) is 28.6 Å². The van der Waals surface area contributed by atoms with Gasteiger partial charge in [-0.05, 0) is 29.7 Å². The topological polar surface area (TPSA) is 94.6 Å². The molecule has 3 rings (SSSR count). The zero-order valence-corrected chi connectivity index (χ0v) is 14.6. The molecule has 2 amide bonds. The summed E-state index contributed by atoms with van der Waals surface area (Å²) in [6.07, 6.45) is 0. The van der Waals surface area contributed by atoms with Crippen LogP contribution < -0.4 is 24.8 Å². The summed E-state index contributed by atoms with van der Waals surface area (Å²) >= 11 is 1.30. The maximum absolute atomic E-state index is 12.2. The van der Waals surface area contributed by atoms with E-state index in [2.05, 4.69) is 20.2 Å². The molecule has 1 heterocycles. The molecular formula is C16H16N4O4S. The number of hydrogen-bond donors (Lipinski definition) is 2. The van der Waals surface area contributed by atoms with Crippen LogP contribution in [0.2, 0.25) is 0 Å². The Kier molecular flexibility index (Phi) is 4.85. The molecule has 0 saturated heterocycles. The van der Waals surface area contributed by atoms with Crippen LogP contribution in [0, 0.1) is 0 Å². The lowest BCUT2D eigenvalue weighted by Crippen LogP contribution is -2.19. The maximum atomic E-state index is 12.2. The van der Waals surface area contributed by atoms with Crippen LogP contribution in [-0.2, 0) is 0 Å². The first-order valence-corrected chi connectivity index (χ1v) is 8.02. The second-order valence-corrected chi connectivity index (χ2v) is 5.73. The van der Waals surface area contributed by atoms with E-state index in [0.717, 1.165) is 10.2 Å². The molecule has 0 unspecified atom stereocenters. The van der Waals surface area contributed by atoms with Crippen molar-refractivity contribution in [3.63, 3.8) is 0 Å². The van der Waals surface area contributed by atoms with E-state index in [4.69, 9.17) is 14.2 Å².